The Labute approximate surface area is 97.2 Å². The van der Waals surface area contributed by atoms with Gasteiger partial charge in [0, 0.05) is 12.8 Å². The van der Waals surface area contributed by atoms with Crippen LogP contribution in [0.2, 0.25) is 0 Å². The largest absolute Gasteiger partial charge is 0.382 e. The molecule has 0 aliphatic heterocycles. The van der Waals surface area contributed by atoms with Crippen molar-refractivity contribution in [3.05, 3.63) is 23.4 Å². The van der Waals surface area contributed by atoms with Crippen LogP contribution < -0.4 is 5.32 Å². The number of anilines is 1. The standard InChI is InChI=1S/C13H20N2O/c1-13(2,9-16-3)15-12-8-7-10-5-4-6-11(10)14-12/h7-8H,4-6,9H2,1-3H3,(H,14,15). The van der Waals surface area contributed by atoms with Crippen LogP contribution >= 0.6 is 0 Å². The van der Waals surface area contributed by atoms with Gasteiger partial charge in [0.15, 0.2) is 0 Å². The molecule has 1 heterocycles. The quantitative estimate of drug-likeness (QED) is 0.846. The van der Waals surface area contributed by atoms with E-state index in [9.17, 15) is 0 Å². The minimum atomic E-state index is -0.0748. The van der Waals surface area contributed by atoms with Crippen LogP contribution in [-0.4, -0.2) is 24.2 Å². The molecule has 3 nitrogen and oxygen atoms in total. The molecular weight excluding hydrogens is 200 g/mol. The van der Waals surface area contributed by atoms with Crippen molar-refractivity contribution in [3.63, 3.8) is 0 Å². The molecule has 0 bridgehead atoms. The fourth-order valence-electron chi connectivity index (χ4n) is 2.23. The number of rotatable bonds is 4. The van der Waals surface area contributed by atoms with Crippen LogP contribution in [0.4, 0.5) is 5.82 Å². The summed E-state index contributed by atoms with van der Waals surface area (Å²) >= 11 is 0. The number of aromatic nitrogens is 1. The second kappa shape index (κ2) is 4.42. The highest BCUT2D eigenvalue weighted by molar-refractivity contribution is 5.42. The van der Waals surface area contributed by atoms with E-state index in [1.165, 1.54) is 24.1 Å². The molecule has 1 aliphatic rings. The average molecular weight is 220 g/mol. The van der Waals surface area contributed by atoms with Crippen LogP contribution in [0, 0.1) is 0 Å². The van der Waals surface area contributed by atoms with Gasteiger partial charge in [-0.1, -0.05) is 6.07 Å². The highest BCUT2D eigenvalue weighted by Gasteiger charge is 2.19. The van der Waals surface area contributed by atoms with Crippen molar-refractivity contribution >= 4 is 5.82 Å². The average Bonchev–Trinajstić information content (AvgIpc) is 2.63. The summed E-state index contributed by atoms with van der Waals surface area (Å²) in [5.41, 5.74) is 2.60. The third-order valence-corrected chi connectivity index (χ3v) is 2.90. The number of ether oxygens (including phenoxy) is 1. The first kappa shape index (κ1) is 11.4. The van der Waals surface area contributed by atoms with Crippen LogP contribution in [0.5, 0.6) is 0 Å². The number of hydrogen-bond acceptors (Lipinski definition) is 3. The molecule has 0 saturated carbocycles. The van der Waals surface area contributed by atoms with Crippen LogP contribution in [0.25, 0.3) is 0 Å². The number of nitrogens with one attached hydrogen (secondary N) is 1. The Balaban J connectivity index is 2.10. The number of aryl methyl sites for hydroxylation is 2. The van der Waals surface area contributed by atoms with Crippen LogP contribution in [0.1, 0.15) is 31.5 Å². The van der Waals surface area contributed by atoms with Crippen molar-refractivity contribution in [1.29, 1.82) is 0 Å². The van der Waals surface area contributed by atoms with Gasteiger partial charge in [0.05, 0.1) is 12.1 Å². The van der Waals surface area contributed by atoms with Crippen molar-refractivity contribution in [3.8, 4) is 0 Å². The van der Waals surface area contributed by atoms with Gasteiger partial charge in [0.25, 0.3) is 0 Å². The number of hydrogen-bond donors (Lipinski definition) is 1. The SMILES string of the molecule is COCC(C)(C)Nc1ccc2c(n1)CCC2. The summed E-state index contributed by atoms with van der Waals surface area (Å²) in [7, 11) is 1.72. The maximum Gasteiger partial charge on any atom is 0.126 e. The molecule has 0 saturated heterocycles. The summed E-state index contributed by atoms with van der Waals surface area (Å²) in [4.78, 5) is 4.65. The van der Waals surface area contributed by atoms with Crippen molar-refractivity contribution < 1.29 is 4.74 Å². The van der Waals surface area contributed by atoms with E-state index in [1.54, 1.807) is 7.11 Å². The highest BCUT2D eigenvalue weighted by Crippen LogP contribution is 2.23. The number of pyridine rings is 1. The summed E-state index contributed by atoms with van der Waals surface area (Å²) in [6.07, 6.45) is 3.55. The highest BCUT2D eigenvalue weighted by atomic mass is 16.5. The van der Waals surface area contributed by atoms with Crippen molar-refractivity contribution in [2.45, 2.75) is 38.6 Å². The molecule has 0 radical (unpaired) electrons. The molecule has 16 heavy (non-hydrogen) atoms. The maximum atomic E-state index is 5.18. The predicted molar refractivity (Wildman–Crippen MR) is 65.8 cm³/mol. The molecule has 0 unspecified atom stereocenters. The molecular formula is C13H20N2O. The number of methoxy groups -OCH3 is 1. The van der Waals surface area contributed by atoms with E-state index in [0.29, 0.717) is 6.61 Å². The van der Waals surface area contributed by atoms with Crippen LogP contribution in [-0.2, 0) is 17.6 Å². The Morgan fingerprint density at radius 1 is 1.38 bits per heavy atom. The summed E-state index contributed by atoms with van der Waals surface area (Å²) < 4.78 is 5.18. The lowest BCUT2D eigenvalue weighted by Gasteiger charge is -2.26. The van der Waals surface area contributed by atoms with Crippen molar-refractivity contribution in [2.75, 3.05) is 19.0 Å². The molecule has 3 heteroatoms. The third-order valence-electron chi connectivity index (χ3n) is 2.90. The number of fused-ring (bicyclic) bond motifs is 1. The van der Waals surface area contributed by atoms with Gasteiger partial charge in [-0.3, -0.25) is 0 Å². The molecule has 0 fully saturated rings. The zero-order valence-corrected chi connectivity index (χ0v) is 10.3. The third kappa shape index (κ3) is 2.53. The van der Waals surface area contributed by atoms with Crippen molar-refractivity contribution in [2.24, 2.45) is 0 Å². The first-order valence-corrected chi connectivity index (χ1v) is 5.87. The van der Waals surface area contributed by atoms with Gasteiger partial charge in [-0.05, 0) is 44.7 Å². The topological polar surface area (TPSA) is 34.1 Å². The Bertz CT molecular complexity index is 374. The van der Waals surface area contributed by atoms with Gasteiger partial charge >= 0.3 is 0 Å². The lowest BCUT2D eigenvalue weighted by Crippen LogP contribution is -2.36. The molecule has 0 amide bonds. The van der Waals surface area contributed by atoms with Gasteiger partial charge in [0.2, 0.25) is 0 Å². The minimum Gasteiger partial charge on any atom is -0.382 e. The Morgan fingerprint density at radius 2 is 2.19 bits per heavy atom. The van der Waals surface area contributed by atoms with Crippen LogP contribution in [0.3, 0.4) is 0 Å². The first-order chi connectivity index (χ1) is 7.61. The van der Waals surface area contributed by atoms with Gasteiger partial charge < -0.3 is 10.1 Å². The first-order valence-electron chi connectivity index (χ1n) is 5.87. The predicted octanol–water partition coefficient (Wildman–Crippen LogP) is 2.41. The fraction of sp³-hybridized carbons (Fsp3) is 0.615. The Hall–Kier alpha value is -1.09. The fourth-order valence-corrected chi connectivity index (χ4v) is 2.23. The van der Waals surface area contributed by atoms with E-state index in [2.05, 4.69) is 36.3 Å². The van der Waals surface area contributed by atoms with Crippen molar-refractivity contribution in [1.82, 2.24) is 4.98 Å². The second-order valence-electron chi connectivity index (χ2n) is 5.10. The molecule has 2 rings (SSSR count). The normalized spacial score (nSPS) is 14.9. The summed E-state index contributed by atoms with van der Waals surface area (Å²) in [5.74, 6) is 0.961. The zero-order valence-electron chi connectivity index (χ0n) is 10.3. The van der Waals surface area contributed by atoms with E-state index >= 15 is 0 Å². The monoisotopic (exact) mass is 220 g/mol. The van der Waals surface area contributed by atoms with Gasteiger partial charge in [-0.2, -0.15) is 0 Å². The second-order valence-corrected chi connectivity index (χ2v) is 5.10. The maximum absolute atomic E-state index is 5.18. The molecule has 1 aromatic rings. The Morgan fingerprint density at radius 3 is 2.94 bits per heavy atom. The molecule has 88 valence electrons. The van der Waals surface area contributed by atoms with Crippen LogP contribution in [0.15, 0.2) is 12.1 Å². The van der Waals surface area contributed by atoms with Gasteiger partial charge in [0.1, 0.15) is 5.82 Å². The van der Waals surface area contributed by atoms with Gasteiger partial charge in [-0.25, -0.2) is 4.98 Å². The number of nitrogens with zero attached hydrogens (tertiary/aromatic N) is 1. The molecule has 1 aromatic heterocycles. The van der Waals surface area contributed by atoms with E-state index < -0.39 is 0 Å². The summed E-state index contributed by atoms with van der Waals surface area (Å²) in [6.45, 7) is 4.91. The smallest absolute Gasteiger partial charge is 0.126 e. The van der Waals surface area contributed by atoms with E-state index in [0.717, 1.165) is 12.2 Å². The molecule has 1 aliphatic carbocycles. The lowest BCUT2D eigenvalue weighted by molar-refractivity contribution is 0.158. The van der Waals surface area contributed by atoms with Gasteiger partial charge in [-0.15, -0.1) is 0 Å². The Kier molecular flexibility index (Phi) is 3.15. The van der Waals surface area contributed by atoms with E-state index in [1.807, 2.05) is 0 Å². The lowest BCUT2D eigenvalue weighted by atomic mass is 10.1. The molecule has 0 spiro atoms. The zero-order chi connectivity index (χ0) is 11.6. The summed E-state index contributed by atoms with van der Waals surface area (Å²) in [6, 6.07) is 4.27. The van der Waals surface area contributed by atoms with E-state index in [4.69, 9.17) is 4.74 Å². The molecule has 0 aromatic carbocycles. The molecule has 0 atom stereocenters. The van der Waals surface area contributed by atoms with E-state index in [-0.39, 0.29) is 5.54 Å². The molecule has 1 N–H and O–H groups in total. The summed E-state index contributed by atoms with van der Waals surface area (Å²) in [5, 5.41) is 3.41. The minimum absolute atomic E-state index is 0.0748.